The highest BCUT2D eigenvalue weighted by Crippen LogP contribution is 2.24. The Hall–Kier alpha value is -2.42. The molecule has 7 nitrogen and oxygen atoms in total. The predicted molar refractivity (Wildman–Crippen MR) is 122 cm³/mol. The van der Waals surface area contributed by atoms with Gasteiger partial charge in [-0.3, -0.25) is 4.79 Å². The number of amides is 1. The van der Waals surface area contributed by atoms with Crippen molar-refractivity contribution in [2.75, 3.05) is 13.1 Å². The van der Waals surface area contributed by atoms with Gasteiger partial charge >= 0.3 is 5.97 Å². The molecule has 1 aliphatic rings. The number of carbonyl (C=O) groups excluding carboxylic acids is 2. The molecule has 172 valence electrons. The summed E-state index contributed by atoms with van der Waals surface area (Å²) in [6.45, 7) is 6.67. The maximum atomic E-state index is 12.6. The summed E-state index contributed by atoms with van der Waals surface area (Å²) in [5.74, 6) is -0.670. The molecule has 0 bridgehead atoms. The highest BCUT2D eigenvalue weighted by Gasteiger charge is 2.25. The van der Waals surface area contributed by atoms with Gasteiger partial charge in [-0.2, -0.15) is 0 Å². The number of rotatable bonds is 6. The van der Waals surface area contributed by atoms with Crippen molar-refractivity contribution in [2.24, 2.45) is 0 Å². The average molecular weight is 479 g/mol. The lowest BCUT2D eigenvalue weighted by Gasteiger charge is -2.21. The molecular weight excluding hydrogens is 452 g/mol. The van der Waals surface area contributed by atoms with Crippen LogP contribution in [0, 0.1) is 0 Å². The molecule has 0 aliphatic carbocycles. The van der Waals surface area contributed by atoms with Crippen molar-refractivity contribution >= 4 is 33.5 Å². The lowest BCUT2D eigenvalue weighted by Crippen LogP contribution is -2.40. The van der Waals surface area contributed by atoms with Crippen LogP contribution in [0.1, 0.15) is 59.9 Å². The van der Waals surface area contributed by atoms with Crippen LogP contribution in [0.4, 0.5) is 0 Å². The molecule has 0 saturated carbocycles. The molecule has 2 aromatic carbocycles. The Morgan fingerprint density at radius 1 is 1.03 bits per heavy atom. The molecule has 9 heteroatoms. The first-order chi connectivity index (χ1) is 15.0. The summed E-state index contributed by atoms with van der Waals surface area (Å²) in [5.41, 5.74) is 0.680. The first kappa shape index (κ1) is 24.2. The van der Waals surface area contributed by atoms with E-state index >= 15 is 0 Å². The Morgan fingerprint density at radius 3 is 2.22 bits per heavy atom. The van der Waals surface area contributed by atoms with Crippen LogP contribution in [-0.4, -0.2) is 43.8 Å². The molecule has 32 heavy (non-hydrogen) atoms. The number of ether oxygens (including phenoxy) is 1. The second-order valence-corrected chi connectivity index (χ2v) is 10.8. The van der Waals surface area contributed by atoms with Gasteiger partial charge in [-0.15, -0.1) is 0 Å². The van der Waals surface area contributed by atoms with E-state index in [1.807, 2.05) is 4.90 Å². The Morgan fingerprint density at radius 2 is 1.62 bits per heavy atom. The number of nitrogens with one attached hydrogen (secondary N) is 1. The van der Waals surface area contributed by atoms with Crippen molar-refractivity contribution in [3.63, 3.8) is 0 Å². The van der Waals surface area contributed by atoms with E-state index in [0.717, 1.165) is 25.9 Å². The van der Waals surface area contributed by atoms with Crippen LogP contribution >= 0.6 is 11.6 Å². The third-order valence-electron chi connectivity index (χ3n) is 4.86. The van der Waals surface area contributed by atoms with E-state index in [9.17, 15) is 18.0 Å². The van der Waals surface area contributed by atoms with Crippen LogP contribution in [-0.2, 0) is 21.4 Å². The third-order valence-corrected chi connectivity index (χ3v) is 7.10. The van der Waals surface area contributed by atoms with Gasteiger partial charge in [0.05, 0.1) is 10.6 Å². The molecule has 1 saturated heterocycles. The van der Waals surface area contributed by atoms with Gasteiger partial charge in [0.15, 0.2) is 0 Å². The standard InChI is InChI=1S/C23H27ClN2O5S/c1-23(2,3)25-32(29,30)20-14-18(10-11-19(20)24)22(28)31-15-16-6-8-17(9-7-16)21(27)26-12-4-5-13-26/h6-11,14,25H,4-5,12-13,15H2,1-3H3. The van der Waals surface area contributed by atoms with Gasteiger partial charge in [-0.25, -0.2) is 17.9 Å². The summed E-state index contributed by atoms with van der Waals surface area (Å²) in [5, 5.41) is 0.0107. The molecular formula is C23H27ClN2O5S. The Balaban J connectivity index is 1.67. The predicted octanol–water partition coefficient (Wildman–Crippen LogP) is 4.01. The second-order valence-electron chi connectivity index (χ2n) is 8.77. The Labute approximate surface area is 193 Å². The molecule has 1 aliphatic heterocycles. The zero-order chi connectivity index (χ0) is 23.5. The van der Waals surface area contributed by atoms with Crippen molar-refractivity contribution in [1.82, 2.24) is 9.62 Å². The molecule has 0 spiro atoms. The summed E-state index contributed by atoms with van der Waals surface area (Å²) in [6, 6.07) is 10.9. The fraction of sp³-hybridized carbons (Fsp3) is 0.391. The van der Waals surface area contributed by atoms with Crippen LogP contribution in [0.5, 0.6) is 0 Å². The molecule has 0 radical (unpaired) electrons. The number of nitrogens with zero attached hydrogens (tertiary/aromatic N) is 1. The van der Waals surface area contributed by atoms with E-state index in [-0.39, 0.29) is 28.0 Å². The summed E-state index contributed by atoms with van der Waals surface area (Å²) < 4.78 is 33.1. The lowest BCUT2D eigenvalue weighted by molar-refractivity contribution is 0.0472. The smallest absolute Gasteiger partial charge is 0.338 e. The minimum absolute atomic E-state index is 0.00446. The zero-order valence-corrected chi connectivity index (χ0v) is 19.9. The van der Waals surface area contributed by atoms with Gasteiger partial charge in [0.25, 0.3) is 5.91 Å². The van der Waals surface area contributed by atoms with Gasteiger partial charge in [0.2, 0.25) is 10.0 Å². The summed E-state index contributed by atoms with van der Waals surface area (Å²) >= 11 is 6.07. The molecule has 0 aromatic heterocycles. The largest absolute Gasteiger partial charge is 0.457 e. The second kappa shape index (κ2) is 9.60. The topological polar surface area (TPSA) is 92.8 Å². The maximum absolute atomic E-state index is 12.6. The number of hydrogen-bond acceptors (Lipinski definition) is 5. The van der Waals surface area contributed by atoms with E-state index < -0.39 is 21.5 Å². The van der Waals surface area contributed by atoms with Crippen molar-refractivity contribution in [3.8, 4) is 0 Å². The van der Waals surface area contributed by atoms with E-state index in [2.05, 4.69) is 4.72 Å². The molecule has 1 fully saturated rings. The van der Waals surface area contributed by atoms with Crippen LogP contribution in [0.25, 0.3) is 0 Å². The molecule has 1 N–H and O–H groups in total. The van der Waals surface area contributed by atoms with E-state index in [0.29, 0.717) is 11.1 Å². The van der Waals surface area contributed by atoms with Crippen LogP contribution < -0.4 is 4.72 Å². The first-order valence-corrected chi connectivity index (χ1v) is 12.2. The number of likely N-dealkylation sites (tertiary alicyclic amines) is 1. The molecule has 1 heterocycles. The fourth-order valence-electron chi connectivity index (χ4n) is 3.37. The average Bonchev–Trinajstić information content (AvgIpc) is 3.25. The van der Waals surface area contributed by atoms with Gasteiger partial charge in [-0.1, -0.05) is 23.7 Å². The maximum Gasteiger partial charge on any atom is 0.338 e. The Bertz CT molecular complexity index is 1100. The lowest BCUT2D eigenvalue weighted by atomic mass is 10.1. The summed E-state index contributed by atoms with van der Waals surface area (Å²) in [7, 11) is -3.92. The van der Waals surface area contributed by atoms with Crippen molar-refractivity contribution in [3.05, 3.63) is 64.2 Å². The molecule has 3 rings (SSSR count). The van der Waals surface area contributed by atoms with Crippen molar-refractivity contribution in [1.29, 1.82) is 0 Å². The highest BCUT2D eigenvalue weighted by molar-refractivity contribution is 7.89. The molecule has 1 amide bonds. The summed E-state index contributed by atoms with van der Waals surface area (Å²) in [6.07, 6.45) is 2.06. The molecule has 0 atom stereocenters. The number of hydrogen-bond donors (Lipinski definition) is 1. The van der Waals surface area contributed by atoms with Crippen LogP contribution in [0.3, 0.4) is 0 Å². The zero-order valence-electron chi connectivity index (χ0n) is 18.4. The van der Waals surface area contributed by atoms with Gasteiger partial charge in [-0.05, 0) is 69.5 Å². The SMILES string of the molecule is CC(C)(C)NS(=O)(=O)c1cc(C(=O)OCc2ccc(C(=O)N3CCCC3)cc2)ccc1Cl. The van der Waals surface area contributed by atoms with Gasteiger partial charge < -0.3 is 9.64 Å². The quantitative estimate of drug-likeness (QED) is 0.633. The number of esters is 1. The third kappa shape index (κ3) is 6.09. The summed E-state index contributed by atoms with van der Waals surface area (Å²) in [4.78, 5) is 26.6. The monoisotopic (exact) mass is 478 g/mol. The van der Waals surface area contributed by atoms with E-state index in [1.54, 1.807) is 45.0 Å². The van der Waals surface area contributed by atoms with Gasteiger partial charge in [0, 0.05) is 24.2 Å². The molecule has 2 aromatic rings. The molecule has 0 unspecified atom stereocenters. The first-order valence-electron chi connectivity index (χ1n) is 10.4. The number of sulfonamides is 1. The van der Waals surface area contributed by atoms with Crippen molar-refractivity contribution < 1.29 is 22.7 Å². The number of carbonyl (C=O) groups is 2. The highest BCUT2D eigenvalue weighted by atomic mass is 35.5. The fourth-order valence-corrected chi connectivity index (χ4v) is 5.32. The Kier molecular flexibility index (Phi) is 7.27. The van der Waals surface area contributed by atoms with Crippen LogP contribution in [0.2, 0.25) is 5.02 Å². The van der Waals surface area contributed by atoms with Crippen LogP contribution in [0.15, 0.2) is 47.4 Å². The number of benzene rings is 2. The van der Waals surface area contributed by atoms with Gasteiger partial charge in [0.1, 0.15) is 11.5 Å². The minimum Gasteiger partial charge on any atom is -0.457 e. The minimum atomic E-state index is -3.92. The number of halogens is 1. The van der Waals surface area contributed by atoms with E-state index in [4.69, 9.17) is 16.3 Å². The normalized spacial score (nSPS) is 14.4. The van der Waals surface area contributed by atoms with E-state index in [1.165, 1.54) is 18.2 Å². The van der Waals surface area contributed by atoms with Crippen molar-refractivity contribution in [2.45, 2.75) is 50.7 Å².